The van der Waals surface area contributed by atoms with E-state index >= 15 is 0 Å². The van der Waals surface area contributed by atoms with Gasteiger partial charge in [0.2, 0.25) is 5.95 Å². The van der Waals surface area contributed by atoms with Gasteiger partial charge in [-0.15, -0.1) is 0 Å². The Labute approximate surface area is 124 Å². The van der Waals surface area contributed by atoms with Crippen molar-refractivity contribution in [2.75, 3.05) is 18.5 Å². The van der Waals surface area contributed by atoms with Crippen LogP contribution < -0.4 is 5.32 Å². The number of nitrogens with zero attached hydrogens (tertiary/aromatic N) is 3. The minimum Gasteiger partial charge on any atom is -0.373 e. The second-order valence-corrected chi connectivity index (χ2v) is 5.57. The van der Waals surface area contributed by atoms with Crippen molar-refractivity contribution in [3.05, 3.63) is 35.4 Å². The Bertz CT molecular complexity index is 584. The maximum atomic E-state index is 5.93. The molecule has 0 saturated carbocycles. The van der Waals surface area contributed by atoms with E-state index in [0.717, 1.165) is 42.8 Å². The van der Waals surface area contributed by atoms with Gasteiger partial charge in [0.05, 0.1) is 12.3 Å². The zero-order valence-electron chi connectivity index (χ0n) is 12.5. The predicted octanol–water partition coefficient (Wildman–Crippen LogP) is 2.40. The second kappa shape index (κ2) is 6.22. The van der Waals surface area contributed by atoms with E-state index in [9.17, 15) is 0 Å². The van der Waals surface area contributed by atoms with Gasteiger partial charge in [-0.2, -0.15) is 5.10 Å². The van der Waals surface area contributed by atoms with Gasteiger partial charge >= 0.3 is 0 Å². The lowest BCUT2D eigenvalue weighted by atomic mass is 9.91. The first-order chi connectivity index (χ1) is 10.2. The molecule has 21 heavy (non-hydrogen) atoms. The van der Waals surface area contributed by atoms with Crippen LogP contribution in [0.2, 0.25) is 0 Å². The van der Waals surface area contributed by atoms with Gasteiger partial charge in [-0.05, 0) is 32.3 Å². The number of H-pyrrole nitrogens is 1. The molecule has 3 heterocycles. The third-order valence-electron chi connectivity index (χ3n) is 4.04. The first kappa shape index (κ1) is 14.0. The fourth-order valence-electron chi connectivity index (χ4n) is 2.67. The molecular weight excluding hydrogens is 266 g/mol. The van der Waals surface area contributed by atoms with E-state index in [-0.39, 0.29) is 6.10 Å². The number of hydrogen-bond acceptors (Lipinski definition) is 5. The Morgan fingerprint density at radius 2 is 2.29 bits per heavy atom. The van der Waals surface area contributed by atoms with E-state index in [1.165, 1.54) is 0 Å². The number of ether oxygens (including phenoxy) is 1. The Kier molecular flexibility index (Phi) is 4.15. The van der Waals surface area contributed by atoms with E-state index in [4.69, 9.17) is 4.74 Å². The molecule has 1 fully saturated rings. The molecule has 6 heteroatoms. The Hall–Kier alpha value is -1.95. The van der Waals surface area contributed by atoms with Crippen LogP contribution in [0, 0.1) is 19.8 Å². The molecule has 0 aromatic carbocycles. The maximum Gasteiger partial charge on any atom is 0.222 e. The van der Waals surface area contributed by atoms with Gasteiger partial charge in [-0.1, -0.05) is 0 Å². The van der Waals surface area contributed by atoms with Gasteiger partial charge in [0.1, 0.15) is 0 Å². The normalized spacial score (nSPS) is 22.2. The van der Waals surface area contributed by atoms with Crippen LogP contribution in [0.4, 0.5) is 5.95 Å². The number of aryl methyl sites for hydroxylation is 2. The molecule has 1 aliphatic rings. The summed E-state index contributed by atoms with van der Waals surface area (Å²) in [5, 5.41) is 10.2. The monoisotopic (exact) mass is 287 g/mol. The third-order valence-corrected chi connectivity index (χ3v) is 4.04. The van der Waals surface area contributed by atoms with E-state index in [0.29, 0.717) is 11.9 Å². The van der Waals surface area contributed by atoms with Crippen LogP contribution in [-0.4, -0.2) is 33.3 Å². The molecule has 6 nitrogen and oxygen atoms in total. The van der Waals surface area contributed by atoms with Crippen LogP contribution in [0.15, 0.2) is 18.6 Å². The van der Waals surface area contributed by atoms with Gasteiger partial charge < -0.3 is 10.1 Å². The molecule has 0 amide bonds. The topological polar surface area (TPSA) is 75.7 Å². The average molecular weight is 287 g/mol. The average Bonchev–Trinajstić information content (AvgIpc) is 3.03. The Balaban J connectivity index is 1.66. The van der Waals surface area contributed by atoms with Gasteiger partial charge in [0.15, 0.2) is 0 Å². The summed E-state index contributed by atoms with van der Waals surface area (Å²) >= 11 is 0. The minimum atomic E-state index is 0.0940. The molecule has 2 N–H and O–H groups in total. The van der Waals surface area contributed by atoms with Gasteiger partial charge in [0, 0.05) is 42.7 Å². The van der Waals surface area contributed by atoms with Crippen molar-refractivity contribution in [3.63, 3.8) is 0 Å². The molecule has 0 radical (unpaired) electrons. The number of rotatable bonds is 4. The number of aromatic amines is 1. The van der Waals surface area contributed by atoms with E-state index in [1.54, 1.807) is 0 Å². The van der Waals surface area contributed by atoms with Crippen molar-refractivity contribution in [3.8, 4) is 0 Å². The molecule has 0 unspecified atom stereocenters. The molecule has 0 aliphatic carbocycles. The van der Waals surface area contributed by atoms with Crippen LogP contribution in [0.25, 0.3) is 0 Å². The Morgan fingerprint density at radius 1 is 1.38 bits per heavy atom. The van der Waals surface area contributed by atoms with Crippen molar-refractivity contribution in [1.82, 2.24) is 20.2 Å². The summed E-state index contributed by atoms with van der Waals surface area (Å²) in [5.41, 5.74) is 3.24. The van der Waals surface area contributed by atoms with E-state index in [2.05, 4.69) is 25.5 Å². The zero-order valence-corrected chi connectivity index (χ0v) is 12.5. The highest BCUT2D eigenvalue weighted by Gasteiger charge is 2.28. The first-order valence-corrected chi connectivity index (χ1v) is 7.38. The van der Waals surface area contributed by atoms with Crippen molar-refractivity contribution in [1.29, 1.82) is 0 Å². The van der Waals surface area contributed by atoms with E-state index < -0.39 is 0 Å². The summed E-state index contributed by atoms with van der Waals surface area (Å²) in [6.07, 6.45) is 7.93. The fourth-order valence-corrected chi connectivity index (χ4v) is 2.67. The molecule has 0 spiro atoms. The number of aromatic nitrogens is 4. The highest BCUT2D eigenvalue weighted by atomic mass is 16.5. The summed E-state index contributed by atoms with van der Waals surface area (Å²) in [7, 11) is 0. The quantitative estimate of drug-likeness (QED) is 0.903. The number of anilines is 1. The van der Waals surface area contributed by atoms with Crippen LogP contribution in [0.5, 0.6) is 0 Å². The summed E-state index contributed by atoms with van der Waals surface area (Å²) < 4.78 is 5.93. The molecule has 1 aliphatic heterocycles. The number of nitrogens with one attached hydrogen (secondary N) is 2. The van der Waals surface area contributed by atoms with Gasteiger partial charge in [-0.3, -0.25) is 5.10 Å². The highest BCUT2D eigenvalue weighted by Crippen LogP contribution is 2.33. The van der Waals surface area contributed by atoms with Crippen LogP contribution in [0.3, 0.4) is 0 Å². The SMILES string of the molecule is Cc1cnc(NC[C@@H]2CCCO[C@H]2c2cn[nH]c2)nc1C. The van der Waals surface area contributed by atoms with Gasteiger partial charge in [0.25, 0.3) is 0 Å². The number of hydrogen-bond donors (Lipinski definition) is 2. The Morgan fingerprint density at radius 3 is 3.05 bits per heavy atom. The van der Waals surface area contributed by atoms with Crippen molar-refractivity contribution in [2.45, 2.75) is 32.8 Å². The smallest absolute Gasteiger partial charge is 0.222 e. The molecule has 2 aromatic heterocycles. The van der Waals surface area contributed by atoms with Gasteiger partial charge in [-0.25, -0.2) is 9.97 Å². The largest absolute Gasteiger partial charge is 0.373 e. The molecule has 112 valence electrons. The zero-order chi connectivity index (χ0) is 14.7. The van der Waals surface area contributed by atoms with E-state index in [1.807, 2.05) is 32.4 Å². The second-order valence-electron chi connectivity index (χ2n) is 5.57. The summed E-state index contributed by atoms with van der Waals surface area (Å²) in [6, 6.07) is 0. The molecule has 2 aromatic rings. The van der Waals surface area contributed by atoms with Crippen LogP contribution in [0.1, 0.15) is 35.8 Å². The van der Waals surface area contributed by atoms with Crippen molar-refractivity contribution < 1.29 is 4.74 Å². The molecule has 2 atom stereocenters. The lowest BCUT2D eigenvalue weighted by Crippen LogP contribution is -2.28. The highest BCUT2D eigenvalue weighted by molar-refractivity contribution is 5.28. The third kappa shape index (κ3) is 3.21. The summed E-state index contributed by atoms with van der Waals surface area (Å²) in [5.74, 6) is 1.09. The molecule has 3 rings (SSSR count). The van der Waals surface area contributed by atoms with Crippen molar-refractivity contribution >= 4 is 5.95 Å². The lowest BCUT2D eigenvalue weighted by Gasteiger charge is -2.31. The summed E-state index contributed by atoms with van der Waals surface area (Å²) in [4.78, 5) is 8.79. The molecule has 0 bridgehead atoms. The molecular formula is C15H21N5O. The van der Waals surface area contributed by atoms with Crippen molar-refractivity contribution in [2.24, 2.45) is 5.92 Å². The first-order valence-electron chi connectivity index (χ1n) is 7.38. The standard InChI is InChI=1S/C15H21N5O/c1-10-6-16-15(20-11(10)2)17-7-12-4-3-5-21-14(12)13-8-18-19-9-13/h6,8-9,12,14H,3-5,7H2,1-2H3,(H,18,19)(H,16,17,20)/t12-,14+/m0/s1. The minimum absolute atomic E-state index is 0.0940. The fraction of sp³-hybridized carbons (Fsp3) is 0.533. The van der Waals surface area contributed by atoms with Crippen LogP contribution >= 0.6 is 0 Å². The predicted molar refractivity (Wildman–Crippen MR) is 80.0 cm³/mol. The van der Waals surface area contributed by atoms with Crippen LogP contribution in [-0.2, 0) is 4.74 Å². The summed E-state index contributed by atoms with van der Waals surface area (Å²) in [6.45, 7) is 5.63. The maximum absolute atomic E-state index is 5.93. The lowest BCUT2D eigenvalue weighted by molar-refractivity contribution is -0.0238. The molecule has 1 saturated heterocycles.